The van der Waals surface area contributed by atoms with Gasteiger partial charge in [0.2, 0.25) is 0 Å². The molecule has 5 heterocycles. The molecule has 0 aliphatic rings. The average Bonchev–Trinajstić information content (AvgIpc) is 4.12. The molecule has 0 atom stereocenters. The van der Waals surface area contributed by atoms with E-state index in [9.17, 15) is 0 Å². The second-order valence-electron chi connectivity index (χ2n) is 16.3. The van der Waals surface area contributed by atoms with Gasteiger partial charge in [0.1, 0.15) is 11.2 Å². The highest BCUT2D eigenvalue weighted by atomic mass is 32.1. The standard InChI is InChI=1S/C57H33N5OS/c1-2-16-34(17-3-1)55-58-56(43-25-14-23-41-40-22-8-13-31-51(40)63-52(41)43)60-57(59-55)45-33-35(61-46-26-9-4-18-36(46)37-19-5-10-27-47(37)61)32-44-42-24-15-30-50(54(42)64-53(44)45)62-48-28-11-6-20-38(48)39-21-7-12-29-49(39)62/h1-33H. The predicted octanol–water partition coefficient (Wildman–Crippen LogP) is 15.3. The van der Waals surface area contributed by atoms with Gasteiger partial charge < -0.3 is 13.6 Å². The van der Waals surface area contributed by atoms with E-state index in [4.69, 9.17) is 19.4 Å². The van der Waals surface area contributed by atoms with Gasteiger partial charge in [0.05, 0.1) is 38.0 Å². The van der Waals surface area contributed by atoms with Gasteiger partial charge in [-0.2, -0.15) is 0 Å². The van der Waals surface area contributed by atoms with Crippen LogP contribution in [0.2, 0.25) is 0 Å². The molecule has 0 aliphatic heterocycles. The second-order valence-corrected chi connectivity index (χ2v) is 17.3. The van der Waals surface area contributed by atoms with Gasteiger partial charge in [-0.25, -0.2) is 15.0 Å². The van der Waals surface area contributed by atoms with Crippen LogP contribution in [0.25, 0.3) is 131 Å². The lowest BCUT2D eigenvalue weighted by Crippen LogP contribution is -2.01. The summed E-state index contributed by atoms with van der Waals surface area (Å²) in [5.41, 5.74) is 11.0. The van der Waals surface area contributed by atoms with E-state index in [1.54, 1.807) is 11.3 Å². The van der Waals surface area contributed by atoms with Crippen molar-refractivity contribution in [1.82, 2.24) is 24.1 Å². The third-order valence-electron chi connectivity index (χ3n) is 12.8. The first kappa shape index (κ1) is 35.2. The molecule has 6 nitrogen and oxygen atoms in total. The van der Waals surface area contributed by atoms with E-state index >= 15 is 0 Å². The molecule has 0 amide bonds. The van der Waals surface area contributed by atoms with Crippen molar-refractivity contribution in [1.29, 1.82) is 0 Å². The Bertz CT molecular complexity index is 4110. The van der Waals surface area contributed by atoms with E-state index in [1.807, 2.05) is 36.4 Å². The lowest BCUT2D eigenvalue weighted by Gasteiger charge is -2.13. The summed E-state index contributed by atoms with van der Waals surface area (Å²) in [5.74, 6) is 1.74. The summed E-state index contributed by atoms with van der Waals surface area (Å²) in [6.07, 6.45) is 0. The number of nitrogens with zero attached hydrogens (tertiary/aromatic N) is 5. The van der Waals surface area contributed by atoms with Crippen molar-refractivity contribution in [3.05, 3.63) is 200 Å². The molecular formula is C57H33N5OS. The van der Waals surface area contributed by atoms with E-state index < -0.39 is 0 Å². The number of hydrogen-bond donors (Lipinski definition) is 0. The molecule has 0 N–H and O–H groups in total. The van der Waals surface area contributed by atoms with Crippen LogP contribution in [0.1, 0.15) is 0 Å². The fourth-order valence-corrected chi connectivity index (χ4v) is 11.3. The summed E-state index contributed by atoms with van der Waals surface area (Å²) in [6, 6.07) is 70.8. The van der Waals surface area contributed by atoms with Crippen molar-refractivity contribution in [2.24, 2.45) is 0 Å². The van der Waals surface area contributed by atoms with Crippen LogP contribution in [0.5, 0.6) is 0 Å². The van der Waals surface area contributed by atoms with Crippen LogP contribution in [0.4, 0.5) is 0 Å². The number of hydrogen-bond acceptors (Lipinski definition) is 5. The number of para-hydroxylation sites is 6. The van der Waals surface area contributed by atoms with Gasteiger partial charge in [-0.1, -0.05) is 146 Å². The van der Waals surface area contributed by atoms with E-state index in [-0.39, 0.29) is 0 Å². The molecule has 0 saturated carbocycles. The van der Waals surface area contributed by atoms with Gasteiger partial charge in [-0.05, 0) is 54.6 Å². The Hall–Kier alpha value is -8.39. The zero-order valence-corrected chi connectivity index (χ0v) is 34.9. The lowest BCUT2D eigenvalue weighted by atomic mass is 10.1. The van der Waals surface area contributed by atoms with Crippen LogP contribution in [0.3, 0.4) is 0 Å². The molecule has 0 unspecified atom stereocenters. The van der Waals surface area contributed by atoms with E-state index in [2.05, 4.69) is 173 Å². The third kappa shape index (κ3) is 5.10. The second kappa shape index (κ2) is 13.6. The zero-order valence-electron chi connectivity index (χ0n) is 34.1. The van der Waals surface area contributed by atoms with Crippen LogP contribution in [-0.4, -0.2) is 24.1 Å². The quantitative estimate of drug-likeness (QED) is 0.173. The van der Waals surface area contributed by atoms with Crippen molar-refractivity contribution < 1.29 is 4.42 Å². The molecule has 0 radical (unpaired) electrons. The first-order valence-corrected chi connectivity index (χ1v) is 22.3. The highest BCUT2D eigenvalue weighted by Crippen LogP contribution is 2.46. The van der Waals surface area contributed by atoms with Crippen molar-refractivity contribution >= 4 is 97.1 Å². The number of benzene rings is 9. The first-order chi connectivity index (χ1) is 31.7. The van der Waals surface area contributed by atoms with Crippen LogP contribution >= 0.6 is 11.3 Å². The summed E-state index contributed by atoms with van der Waals surface area (Å²) in [5, 5.41) is 9.27. The number of thiophene rings is 1. The topological polar surface area (TPSA) is 61.7 Å². The van der Waals surface area contributed by atoms with E-state index in [0.29, 0.717) is 17.5 Å². The molecule has 5 aromatic heterocycles. The average molecular weight is 836 g/mol. The van der Waals surface area contributed by atoms with Gasteiger partial charge in [-0.3, -0.25) is 0 Å². The monoisotopic (exact) mass is 835 g/mol. The van der Waals surface area contributed by atoms with Gasteiger partial charge in [0.25, 0.3) is 0 Å². The Kier molecular flexibility index (Phi) is 7.46. The molecule has 7 heteroatoms. The number of fused-ring (bicyclic) bond motifs is 12. The maximum atomic E-state index is 6.59. The highest BCUT2D eigenvalue weighted by Gasteiger charge is 2.24. The molecule has 9 aromatic carbocycles. The minimum absolute atomic E-state index is 0.552. The van der Waals surface area contributed by atoms with Gasteiger partial charge in [0.15, 0.2) is 17.5 Å². The Morgan fingerprint density at radius 2 is 0.875 bits per heavy atom. The summed E-state index contributed by atoms with van der Waals surface area (Å²) in [6.45, 7) is 0. The lowest BCUT2D eigenvalue weighted by molar-refractivity contribution is 0.669. The van der Waals surface area contributed by atoms with Crippen molar-refractivity contribution in [3.8, 4) is 45.5 Å². The SMILES string of the molecule is c1ccc(-c2nc(-c3cccc4c3oc3ccccc34)nc(-c3cc(-n4c5ccccc5c5ccccc54)cc4c3sc3c(-n5c6ccccc6c6ccccc65)cccc34)n2)cc1. The Morgan fingerprint density at radius 1 is 0.359 bits per heavy atom. The molecule has 14 rings (SSSR count). The predicted molar refractivity (Wildman–Crippen MR) is 265 cm³/mol. The van der Waals surface area contributed by atoms with Crippen LogP contribution in [0, 0.1) is 0 Å². The van der Waals surface area contributed by atoms with Crippen molar-refractivity contribution in [2.45, 2.75) is 0 Å². The summed E-state index contributed by atoms with van der Waals surface area (Å²) >= 11 is 1.80. The number of furan rings is 1. The summed E-state index contributed by atoms with van der Waals surface area (Å²) in [4.78, 5) is 16.0. The fourth-order valence-electron chi connectivity index (χ4n) is 9.98. The highest BCUT2D eigenvalue weighted by molar-refractivity contribution is 7.26. The molecule has 0 bridgehead atoms. The molecule has 0 saturated heterocycles. The maximum Gasteiger partial charge on any atom is 0.167 e. The molecule has 298 valence electrons. The smallest absolute Gasteiger partial charge is 0.167 e. The van der Waals surface area contributed by atoms with Gasteiger partial charge in [0, 0.05) is 64.6 Å². The Balaban J connectivity index is 1.11. The summed E-state index contributed by atoms with van der Waals surface area (Å²) in [7, 11) is 0. The minimum Gasteiger partial charge on any atom is -0.455 e. The molecular weight excluding hydrogens is 803 g/mol. The maximum absolute atomic E-state index is 6.59. The molecule has 0 aliphatic carbocycles. The molecule has 14 aromatic rings. The Labute approximate surface area is 369 Å². The molecule has 0 fully saturated rings. The van der Waals surface area contributed by atoms with Gasteiger partial charge >= 0.3 is 0 Å². The molecule has 0 spiro atoms. The summed E-state index contributed by atoms with van der Waals surface area (Å²) < 4.78 is 13.7. The normalized spacial score (nSPS) is 12.1. The molecule has 64 heavy (non-hydrogen) atoms. The number of rotatable bonds is 5. The number of aromatic nitrogens is 5. The van der Waals surface area contributed by atoms with Gasteiger partial charge in [-0.15, -0.1) is 11.3 Å². The van der Waals surface area contributed by atoms with Crippen LogP contribution in [-0.2, 0) is 0 Å². The minimum atomic E-state index is 0.552. The zero-order chi connectivity index (χ0) is 41.9. The van der Waals surface area contributed by atoms with E-state index in [1.165, 1.54) is 42.7 Å². The first-order valence-electron chi connectivity index (χ1n) is 21.4. The van der Waals surface area contributed by atoms with E-state index in [0.717, 1.165) is 71.1 Å². The largest absolute Gasteiger partial charge is 0.455 e. The van der Waals surface area contributed by atoms with Crippen molar-refractivity contribution in [2.75, 3.05) is 0 Å². The third-order valence-corrected chi connectivity index (χ3v) is 14.1. The fraction of sp³-hybridized carbons (Fsp3) is 0. The van der Waals surface area contributed by atoms with Crippen LogP contribution < -0.4 is 0 Å². The van der Waals surface area contributed by atoms with Crippen LogP contribution in [0.15, 0.2) is 205 Å². The Morgan fingerprint density at radius 3 is 1.55 bits per heavy atom. The van der Waals surface area contributed by atoms with Crippen molar-refractivity contribution in [3.63, 3.8) is 0 Å².